The third kappa shape index (κ3) is 5.21. The van der Waals surface area contributed by atoms with Crippen LogP contribution in [0.2, 0.25) is 0 Å². The maximum atomic E-state index is 12.4. The lowest BCUT2D eigenvalue weighted by molar-refractivity contribution is -0.114. The van der Waals surface area contributed by atoms with E-state index in [1.165, 1.54) is 25.4 Å². The molecule has 3 rings (SSSR count). The highest BCUT2D eigenvalue weighted by Crippen LogP contribution is 2.26. The van der Waals surface area contributed by atoms with Gasteiger partial charge in [-0.1, -0.05) is 17.7 Å². The summed E-state index contributed by atoms with van der Waals surface area (Å²) in [5.74, 6) is 0.215. The smallest absolute Gasteiger partial charge is 0.257 e. The third-order valence-electron chi connectivity index (χ3n) is 3.99. The Labute approximate surface area is 174 Å². The van der Waals surface area contributed by atoms with Crippen molar-refractivity contribution in [2.24, 2.45) is 0 Å². The number of carbonyl (C=O) groups excluding carboxylic acids is 1. The van der Waals surface area contributed by atoms with Gasteiger partial charge >= 0.3 is 0 Å². The number of anilines is 5. The standard InChI is InChI=1S/C19H21N7O3S/c1-12-3-9-16(10-4-12)30(28,29)26-25-19-17(20)18(21-11-22-19)24-15-7-5-14(6-8-15)23-13(2)27/h3-11,26H,20H2,1-2H3,(H,23,27)(H2,21,22,24,25). The number of carbonyl (C=O) groups is 1. The number of hydrogen-bond donors (Lipinski definition) is 5. The Bertz CT molecular complexity index is 1150. The number of nitrogens with zero attached hydrogens (tertiary/aromatic N) is 2. The Balaban J connectivity index is 1.71. The van der Waals surface area contributed by atoms with Crippen molar-refractivity contribution in [1.82, 2.24) is 14.8 Å². The quantitative estimate of drug-likeness (QED) is 0.361. The molecule has 0 atom stereocenters. The molecule has 10 nitrogen and oxygen atoms in total. The van der Waals surface area contributed by atoms with Gasteiger partial charge < -0.3 is 16.4 Å². The van der Waals surface area contributed by atoms with Crippen LogP contribution in [0.15, 0.2) is 59.8 Å². The minimum absolute atomic E-state index is 0.0954. The van der Waals surface area contributed by atoms with Crippen LogP contribution in [-0.2, 0) is 14.8 Å². The molecule has 11 heteroatoms. The van der Waals surface area contributed by atoms with E-state index in [1.807, 2.05) is 6.92 Å². The molecule has 0 saturated carbocycles. The fourth-order valence-electron chi connectivity index (χ4n) is 2.46. The maximum absolute atomic E-state index is 12.4. The molecular formula is C19H21N7O3S. The van der Waals surface area contributed by atoms with Crippen molar-refractivity contribution < 1.29 is 13.2 Å². The van der Waals surface area contributed by atoms with Crippen LogP contribution in [0.1, 0.15) is 12.5 Å². The first-order chi connectivity index (χ1) is 14.2. The Hall–Kier alpha value is -3.70. The number of nitrogens with two attached hydrogens (primary N) is 1. The Morgan fingerprint density at radius 3 is 2.17 bits per heavy atom. The summed E-state index contributed by atoms with van der Waals surface area (Å²) in [6.45, 7) is 3.29. The molecule has 0 radical (unpaired) electrons. The first-order valence-corrected chi connectivity index (χ1v) is 10.3. The molecule has 3 aromatic rings. The van der Waals surface area contributed by atoms with Crippen molar-refractivity contribution in [2.45, 2.75) is 18.7 Å². The van der Waals surface area contributed by atoms with Gasteiger partial charge in [0.1, 0.15) is 12.0 Å². The average Bonchev–Trinajstić information content (AvgIpc) is 2.70. The van der Waals surface area contributed by atoms with Crippen molar-refractivity contribution in [1.29, 1.82) is 0 Å². The van der Waals surface area contributed by atoms with Crippen molar-refractivity contribution in [2.75, 3.05) is 21.8 Å². The number of hydrazine groups is 1. The van der Waals surface area contributed by atoms with Gasteiger partial charge in [0.05, 0.1) is 4.90 Å². The maximum Gasteiger partial charge on any atom is 0.257 e. The second-order valence-corrected chi connectivity index (χ2v) is 8.09. The minimum atomic E-state index is -3.81. The fourth-order valence-corrected chi connectivity index (χ4v) is 3.31. The molecule has 2 aromatic carbocycles. The molecule has 0 unspecified atom stereocenters. The molecule has 1 heterocycles. The predicted octanol–water partition coefficient (Wildman–Crippen LogP) is 2.37. The monoisotopic (exact) mass is 427 g/mol. The number of aromatic nitrogens is 2. The molecule has 156 valence electrons. The molecule has 0 aliphatic heterocycles. The van der Waals surface area contributed by atoms with Crippen LogP contribution in [0.5, 0.6) is 0 Å². The third-order valence-corrected chi connectivity index (χ3v) is 5.25. The van der Waals surface area contributed by atoms with Gasteiger partial charge in [-0.05, 0) is 43.3 Å². The molecule has 0 saturated heterocycles. The molecule has 0 bridgehead atoms. The number of nitrogens with one attached hydrogen (secondary N) is 4. The van der Waals surface area contributed by atoms with Gasteiger partial charge in [0.2, 0.25) is 5.91 Å². The number of sulfonamides is 1. The van der Waals surface area contributed by atoms with Crippen molar-refractivity contribution in [3.05, 3.63) is 60.4 Å². The summed E-state index contributed by atoms with van der Waals surface area (Å²) in [4.78, 5) is 21.5. The molecular weight excluding hydrogens is 406 g/mol. The molecule has 6 N–H and O–H groups in total. The van der Waals surface area contributed by atoms with Gasteiger partial charge in [-0.25, -0.2) is 18.4 Å². The van der Waals surface area contributed by atoms with Gasteiger partial charge in [-0.2, -0.15) is 0 Å². The van der Waals surface area contributed by atoms with Crippen LogP contribution in [-0.4, -0.2) is 24.3 Å². The van der Waals surface area contributed by atoms with E-state index in [-0.39, 0.29) is 28.1 Å². The highest BCUT2D eigenvalue weighted by Gasteiger charge is 2.15. The normalized spacial score (nSPS) is 11.0. The minimum Gasteiger partial charge on any atom is -0.393 e. The number of hydrogen-bond acceptors (Lipinski definition) is 8. The lowest BCUT2D eigenvalue weighted by atomic mass is 10.2. The van der Waals surface area contributed by atoms with E-state index < -0.39 is 10.0 Å². The van der Waals surface area contributed by atoms with E-state index in [2.05, 4.69) is 30.9 Å². The molecule has 0 spiro atoms. The number of rotatable bonds is 7. The lowest BCUT2D eigenvalue weighted by Crippen LogP contribution is -2.30. The van der Waals surface area contributed by atoms with Crippen molar-refractivity contribution >= 4 is 44.6 Å². The molecule has 1 amide bonds. The number of benzene rings is 2. The second kappa shape index (κ2) is 8.76. The molecule has 0 fully saturated rings. The van der Waals surface area contributed by atoms with Crippen molar-refractivity contribution in [3.8, 4) is 0 Å². The van der Waals surface area contributed by atoms with Gasteiger partial charge in [0, 0.05) is 18.3 Å². The summed E-state index contributed by atoms with van der Waals surface area (Å²) in [6.07, 6.45) is 1.24. The first kappa shape index (κ1) is 21.0. The Morgan fingerprint density at radius 1 is 0.933 bits per heavy atom. The Morgan fingerprint density at radius 2 is 1.53 bits per heavy atom. The number of aryl methyl sites for hydroxylation is 1. The number of amides is 1. The van der Waals surface area contributed by atoms with E-state index in [0.717, 1.165) is 5.56 Å². The molecule has 30 heavy (non-hydrogen) atoms. The van der Waals surface area contributed by atoms with Crippen LogP contribution >= 0.6 is 0 Å². The summed E-state index contributed by atoms with van der Waals surface area (Å²) in [5, 5.41) is 5.69. The van der Waals surface area contributed by atoms with E-state index in [1.54, 1.807) is 36.4 Å². The van der Waals surface area contributed by atoms with Gasteiger partial charge in [-0.3, -0.25) is 10.2 Å². The zero-order chi connectivity index (χ0) is 21.7. The zero-order valence-electron chi connectivity index (χ0n) is 16.3. The molecule has 1 aromatic heterocycles. The topological polar surface area (TPSA) is 151 Å². The van der Waals surface area contributed by atoms with Gasteiger partial charge in [-0.15, -0.1) is 4.83 Å². The summed E-state index contributed by atoms with van der Waals surface area (Å²) in [7, 11) is -3.81. The summed E-state index contributed by atoms with van der Waals surface area (Å²) in [6, 6.07) is 13.3. The predicted molar refractivity (Wildman–Crippen MR) is 116 cm³/mol. The average molecular weight is 427 g/mol. The van der Waals surface area contributed by atoms with Crippen LogP contribution in [0.4, 0.5) is 28.7 Å². The highest BCUT2D eigenvalue weighted by molar-refractivity contribution is 7.89. The SMILES string of the molecule is CC(=O)Nc1ccc(Nc2ncnc(NNS(=O)(=O)c3ccc(C)cc3)c2N)cc1. The Kier molecular flexibility index (Phi) is 6.14. The highest BCUT2D eigenvalue weighted by atomic mass is 32.2. The zero-order valence-corrected chi connectivity index (χ0v) is 17.1. The van der Waals surface area contributed by atoms with Crippen LogP contribution in [0.3, 0.4) is 0 Å². The molecule has 0 aliphatic rings. The van der Waals surface area contributed by atoms with Crippen LogP contribution in [0.25, 0.3) is 0 Å². The van der Waals surface area contributed by atoms with Gasteiger partial charge in [0.25, 0.3) is 10.0 Å². The largest absolute Gasteiger partial charge is 0.393 e. The van der Waals surface area contributed by atoms with E-state index in [9.17, 15) is 13.2 Å². The van der Waals surface area contributed by atoms with Gasteiger partial charge in [0.15, 0.2) is 11.6 Å². The van der Waals surface area contributed by atoms with Crippen molar-refractivity contribution in [3.63, 3.8) is 0 Å². The molecule has 0 aliphatic carbocycles. The second-order valence-electron chi connectivity index (χ2n) is 6.41. The first-order valence-electron chi connectivity index (χ1n) is 8.84. The van der Waals surface area contributed by atoms with E-state index in [4.69, 9.17) is 5.73 Å². The van der Waals surface area contributed by atoms with E-state index >= 15 is 0 Å². The lowest BCUT2D eigenvalue weighted by Gasteiger charge is -2.14. The van der Waals surface area contributed by atoms with Crippen LogP contribution in [0, 0.1) is 6.92 Å². The number of nitrogen functional groups attached to an aromatic ring is 1. The van der Waals surface area contributed by atoms with E-state index in [0.29, 0.717) is 11.4 Å². The summed E-state index contributed by atoms with van der Waals surface area (Å²) < 4.78 is 24.8. The van der Waals surface area contributed by atoms with Crippen LogP contribution < -0.4 is 26.6 Å². The fraction of sp³-hybridized carbons (Fsp3) is 0.105. The summed E-state index contributed by atoms with van der Waals surface area (Å²) >= 11 is 0. The summed E-state index contributed by atoms with van der Waals surface area (Å²) in [5.41, 5.74) is 11.0.